The molecule has 0 saturated heterocycles. The molecule has 0 bridgehead atoms. The van der Waals surface area contributed by atoms with Crippen LogP contribution in [0.3, 0.4) is 0 Å². The van der Waals surface area contributed by atoms with E-state index in [1.54, 1.807) is 20.3 Å². The van der Waals surface area contributed by atoms with Crippen LogP contribution in [-0.2, 0) is 0 Å². The van der Waals surface area contributed by atoms with E-state index >= 15 is 0 Å². The van der Waals surface area contributed by atoms with Gasteiger partial charge in [0.1, 0.15) is 33.9 Å². The lowest BCUT2D eigenvalue weighted by molar-refractivity contribution is 0.405. The highest BCUT2D eigenvalue weighted by molar-refractivity contribution is 9.10. The summed E-state index contributed by atoms with van der Waals surface area (Å²) in [5.74, 6) is 2.30. The summed E-state index contributed by atoms with van der Waals surface area (Å²) in [6.07, 6.45) is 1.38. The van der Waals surface area contributed by atoms with Crippen molar-refractivity contribution in [3.63, 3.8) is 0 Å². The molecule has 0 aliphatic carbocycles. The van der Waals surface area contributed by atoms with Gasteiger partial charge >= 0.3 is 0 Å². The molecule has 100 valence electrons. The van der Waals surface area contributed by atoms with E-state index in [1.165, 1.54) is 6.33 Å². The van der Waals surface area contributed by atoms with E-state index in [4.69, 9.17) is 15.2 Å². The minimum absolute atomic E-state index is 0.361. The van der Waals surface area contributed by atoms with Crippen LogP contribution in [0.1, 0.15) is 0 Å². The van der Waals surface area contributed by atoms with Crippen LogP contribution in [0.4, 0.5) is 17.3 Å². The molecule has 0 unspecified atom stereocenters. The third kappa shape index (κ3) is 2.87. The van der Waals surface area contributed by atoms with Crippen LogP contribution in [-0.4, -0.2) is 24.2 Å². The summed E-state index contributed by atoms with van der Waals surface area (Å²) < 4.78 is 11.1. The number of hydrogen-bond donors (Lipinski definition) is 2. The Bertz CT molecular complexity index is 592. The van der Waals surface area contributed by atoms with Crippen molar-refractivity contribution >= 4 is 33.3 Å². The first-order chi connectivity index (χ1) is 9.15. The van der Waals surface area contributed by atoms with Crippen molar-refractivity contribution in [3.05, 3.63) is 29.0 Å². The SMILES string of the molecule is COc1ccc(OC)c(Nc2ncnc(N)c2Br)c1. The fourth-order valence-corrected chi connectivity index (χ4v) is 1.81. The van der Waals surface area contributed by atoms with Crippen molar-refractivity contribution in [1.82, 2.24) is 9.97 Å². The molecule has 3 N–H and O–H groups in total. The number of hydrogen-bond acceptors (Lipinski definition) is 6. The van der Waals surface area contributed by atoms with Gasteiger partial charge in [-0.05, 0) is 28.1 Å². The number of nitrogens with two attached hydrogens (primary N) is 1. The molecule has 0 saturated carbocycles. The topological polar surface area (TPSA) is 82.3 Å². The molecule has 2 aromatic rings. The van der Waals surface area contributed by atoms with Crippen LogP contribution in [0.5, 0.6) is 11.5 Å². The fraction of sp³-hybridized carbons (Fsp3) is 0.167. The zero-order valence-corrected chi connectivity index (χ0v) is 12.1. The van der Waals surface area contributed by atoms with E-state index in [-0.39, 0.29) is 0 Å². The molecule has 0 atom stereocenters. The Kier molecular flexibility index (Phi) is 4.06. The van der Waals surface area contributed by atoms with Crippen LogP contribution < -0.4 is 20.5 Å². The lowest BCUT2D eigenvalue weighted by Gasteiger charge is -2.13. The van der Waals surface area contributed by atoms with E-state index in [1.807, 2.05) is 12.1 Å². The first-order valence-electron chi connectivity index (χ1n) is 5.40. The van der Waals surface area contributed by atoms with E-state index in [0.717, 1.165) is 5.69 Å². The molecule has 0 amide bonds. The molecule has 1 heterocycles. The highest BCUT2D eigenvalue weighted by Crippen LogP contribution is 2.34. The third-order valence-corrected chi connectivity index (χ3v) is 3.26. The lowest BCUT2D eigenvalue weighted by Crippen LogP contribution is -2.01. The van der Waals surface area contributed by atoms with Gasteiger partial charge in [0.2, 0.25) is 0 Å². The van der Waals surface area contributed by atoms with Gasteiger partial charge in [0.25, 0.3) is 0 Å². The van der Waals surface area contributed by atoms with E-state index in [9.17, 15) is 0 Å². The quantitative estimate of drug-likeness (QED) is 0.899. The number of aromatic nitrogens is 2. The van der Waals surface area contributed by atoms with Gasteiger partial charge in [0.15, 0.2) is 0 Å². The average Bonchev–Trinajstić information content (AvgIpc) is 2.43. The van der Waals surface area contributed by atoms with Crippen LogP contribution in [0.25, 0.3) is 0 Å². The number of ether oxygens (including phenoxy) is 2. The summed E-state index contributed by atoms with van der Waals surface area (Å²) in [5, 5.41) is 3.12. The molecule has 6 nitrogen and oxygen atoms in total. The number of halogens is 1. The van der Waals surface area contributed by atoms with Crippen molar-refractivity contribution in [2.24, 2.45) is 0 Å². The Hall–Kier alpha value is -2.02. The predicted octanol–water partition coefficient (Wildman–Crippen LogP) is 2.58. The zero-order valence-electron chi connectivity index (χ0n) is 10.5. The number of nitrogens with zero attached hydrogens (tertiary/aromatic N) is 2. The second kappa shape index (κ2) is 5.75. The Morgan fingerprint density at radius 2 is 2.00 bits per heavy atom. The molecule has 7 heteroatoms. The van der Waals surface area contributed by atoms with Gasteiger partial charge in [0.05, 0.1) is 19.9 Å². The molecule has 2 rings (SSSR count). The molecule has 0 fully saturated rings. The largest absolute Gasteiger partial charge is 0.497 e. The maximum absolute atomic E-state index is 5.71. The van der Waals surface area contributed by atoms with Crippen LogP contribution in [0.2, 0.25) is 0 Å². The van der Waals surface area contributed by atoms with Gasteiger partial charge < -0.3 is 20.5 Å². The summed E-state index contributed by atoms with van der Waals surface area (Å²) >= 11 is 3.34. The second-order valence-electron chi connectivity index (χ2n) is 3.61. The number of rotatable bonds is 4. The summed E-state index contributed by atoms with van der Waals surface area (Å²) in [6, 6.07) is 5.43. The van der Waals surface area contributed by atoms with Gasteiger partial charge in [-0.2, -0.15) is 0 Å². The van der Waals surface area contributed by atoms with Crippen molar-refractivity contribution in [2.45, 2.75) is 0 Å². The molecule has 0 spiro atoms. The van der Waals surface area contributed by atoms with Gasteiger partial charge in [-0.25, -0.2) is 9.97 Å². The van der Waals surface area contributed by atoms with Crippen molar-refractivity contribution in [2.75, 3.05) is 25.3 Å². The number of methoxy groups -OCH3 is 2. The van der Waals surface area contributed by atoms with Gasteiger partial charge in [0, 0.05) is 6.07 Å². The van der Waals surface area contributed by atoms with Crippen LogP contribution in [0, 0.1) is 0 Å². The minimum Gasteiger partial charge on any atom is -0.497 e. The number of anilines is 3. The van der Waals surface area contributed by atoms with Crippen LogP contribution in [0.15, 0.2) is 29.0 Å². The Morgan fingerprint density at radius 3 is 2.68 bits per heavy atom. The summed E-state index contributed by atoms with van der Waals surface area (Å²) in [5.41, 5.74) is 6.43. The Balaban J connectivity index is 2.39. The molecule has 1 aromatic heterocycles. The first kappa shape index (κ1) is 13.4. The maximum Gasteiger partial charge on any atom is 0.150 e. The number of nitrogen functional groups attached to an aromatic ring is 1. The summed E-state index contributed by atoms with van der Waals surface area (Å²) in [7, 11) is 3.19. The van der Waals surface area contributed by atoms with Crippen molar-refractivity contribution in [1.29, 1.82) is 0 Å². The number of benzene rings is 1. The van der Waals surface area contributed by atoms with E-state index in [2.05, 4.69) is 31.2 Å². The van der Waals surface area contributed by atoms with Gasteiger partial charge in [-0.1, -0.05) is 0 Å². The zero-order chi connectivity index (χ0) is 13.8. The average molecular weight is 325 g/mol. The standard InChI is InChI=1S/C12H13BrN4O2/c1-18-7-3-4-9(19-2)8(5-7)17-12-10(13)11(14)15-6-16-12/h3-6H,1-2H3,(H3,14,15,16,17). The summed E-state index contributed by atoms with van der Waals surface area (Å²) in [4.78, 5) is 8.00. The third-order valence-electron chi connectivity index (χ3n) is 2.48. The second-order valence-corrected chi connectivity index (χ2v) is 4.41. The number of nitrogens with one attached hydrogen (secondary N) is 1. The van der Waals surface area contributed by atoms with E-state index < -0.39 is 0 Å². The molecular weight excluding hydrogens is 312 g/mol. The normalized spacial score (nSPS) is 10.1. The van der Waals surface area contributed by atoms with Gasteiger partial charge in [-0.15, -0.1) is 0 Å². The molecule has 0 aliphatic heterocycles. The molecule has 1 aromatic carbocycles. The Morgan fingerprint density at radius 1 is 1.21 bits per heavy atom. The predicted molar refractivity (Wildman–Crippen MR) is 77.0 cm³/mol. The fourth-order valence-electron chi connectivity index (χ4n) is 1.51. The molecule has 0 radical (unpaired) electrons. The monoisotopic (exact) mass is 324 g/mol. The molecular formula is C12H13BrN4O2. The van der Waals surface area contributed by atoms with Gasteiger partial charge in [-0.3, -0.25) is 0 Å². The summed E-state index contributed by atoms with van der Waals surface area (Å²) in [6.45, 7) is 0. The molecule has 19 heavy (non-hydrogen) atoms. The van der Waals surface area contributed by atoms with Crippen molar-refractivity contribution in [3.8, 4) is 11.5 Å². The van der Waals surface area contributed by atoms with Crippen molar-refractivity contribution < 1.29 is 9.47 Å². The highest BCUT2D eigenvalue weighted by Gasteiger charge is 2.10. The first-order valence-corrected chi connectivity index (χ1v) is 6.20. The minimum atomic E-state index is 0.361. The Labute approximate surface area is 119 Å². The highest BCUT2D eigenvalue weighted by atomic mass is 79.9. The van der Waals surface area contributed by atoms with Crippen LogP contribution >= 0.6 is 15.9 Å². The maximum atomic E-state index is 5.71. The van der Waals surface area contributed by atoms with E-state index in [0.29, 0.717) is 27.6 Å². The molecule has 0 aliphatic rings. The lowest BCUT2D eigenvalue weighted by atomic mass is 10.2. The smallest absolute Gasteiger partial charge is 0.150 e.